The lowest BCUT2D eigenvalue weighted by atomic mass is 10.1. The summed E-state index contributed by atoms with van der Waals surface area (Å²) in [7, 11) is -4.07. The van der Waals surface area contributed by atoms with Crippen molar-refractivity contribution in [2.24, 2.45) is 0 Å². The number of likely N-dealkylation sites (N-methyl/N-ethyl adjacent to an activating group) is 1. The van der Waals surface area contributed by atoms with E-state index in [1.807, 2.05) is 20.8 Å². The molecule has 0 spiro atoms. The van der Waals surface area contributed by atoms with Crippen molar-refractivity contribution in [2.75, 3.05) is 17.4 Å². The predicted octanol–water partition coefficient (Wildman–Crippen LogP) is 4.79. The topological polar surface area (TPSA) is 86.8 Å². The number of sulfonamides is 1. The molecule has 0 aliphatic heterocycles. The van der Waals surface area contributed by atoms with Crippen molar-refractivity contribution in [1.82, 2.24) is 10.2 Å². The number of halogens is 1. The molecule has 1 atom stereocenters. The first kappa shape index (κ1) is 28.2. The second-order valence-corrected chi connectivity index (χ2v) is 10.9. The number of nitrogens with zero attached hydrogens (tertiary/aromatic N) is 2. The summed E-state index contributed by atoms with van der Waals surface area (Å²) in [5.74, 6) is -0.784. The fourth-order valence-corrected chi connectivity index (χ4v) is 5.52. The van der Waals surface area contributed by atoms with Crippen LogP contribution in [0.3, 0.4) is 0 Å². The first-order valence-electron chi connectivity index (χ1n) is 12.1. The van der Waals surface area contributed by atoms with Crippen molar-refractivity contribution in [3.05, 3.63) is 95.0 Å². The highest BCUT2D eigenvalue weighted by atomic mass is 35.5. The molecule has 1 unspecified atom stereocenters. The molecule has 0 aliphatic rings. The summed E-state index contributed by atoms with van der Waals surface area (Å²) in [5, 5.41) is 3.34. The van der Waals surface area contributed by atoms with E-state index in [4.69, 9.17) is 11.6 Å². The predicted molar refractivity (Wildman–Crippen MR) is 147 cm³/mol. The molecular formula is C28H32ClN3O4S. The first-order valence-corrected chi connectivity index (χ1v) is 13.9. The zero-order chi connectivity index (χ0) is 27.0. The summed E-state index contributed by atoms with van der Waals surface area (Å²) in [6.07, 6.45) is 0.362. The van der Waals surface area contributed by atoms with Gasteiger partial charge < -0.3 is 10.2 Å². The van der Waals surface area contributed by atoms with Crippen LogP contribution in [0.25, 0.3) is 0 Å². The Kier molecular flexibility index (Phi) is 9.72. The Balaban J connectivity index is 2.03. The lowest BCUT2D eigenvalue weighted by Gasteiger charge is -2.33. The number of amides is 2. The van der Waals surface area contributed by atoms with Crippen LogP contribution < -0.4 is 9.62 Å². The highest BCUT2D eigenvalue weighted by Crippen LogP contribution is 2.25. The van der Waals surface area contributed by atoms with Crippen molar-refractivity contribution in [3.8, 4) is 0 Å². The molecule has 196 valence electrons. The van der Waals surface area contributed by atoms with Crippen LogP contribution in [-0.2, 0) is 26.2 Å². The Bertz CT molecular complexity index is 1300. The standard InChI is InChI=1S/C28H32ClN3O4S/c1-4-26(28(34)30-5-2)31(19-22-13-15-23(29)16-14-22)27(33)20-32(24-17-11-21(3)12-18-24)37(35,36)25-9-7-6-8-10-25/h6-18,26H,4-5,19-20H2,1-3H3,(H,30,34). The van der Waals surface area contributed by atoms with Gasteiger partial charge in [-0.05, 0) is 62.2 Å². The number of hydrogen-bond donors (Lipinski definition) is 1. The molecular weight excluding hydrogens is 510 g/mol. The van der Waals surface area contributed by atoms with Crippen molar-refractivity contribution >= 4 is 39.1 Å². The fourth-order valence-electron chi connectivity index (χ4n) is 3.96. The Hall–Kier alpha value is -3.36. The highest BCUT2D eigenvalue weighted by molar-refractivity contribution is 7.92. The number of anilines is 1. The molecule has 37 heavy (non-hydrogen) atoms. The van der Waals surface area contributed by atoms with Gasteiger partial charge in [-0.1, -0.05) is 66.6 Å². The summed E-state index contributed by atoms with van der Waals surface area (Å²) >= 11 is 6.03. The van der Waals surface area contributed by atoms with Gasteiger partial charge in [0.05, 0.1) is 10.6 Å². The summed E-state index contributed by atoms with van der Waals surface area (Å²) in [4.78, 5) is 28.3. The Morgan fingerprint density at radius 3 is 2.11 bits per heavy atom. The first-order chi connectivity index (χ1) is 17.7. The molecule has 0 bridgehead atoms. The minimum Gasteiger partial charge on any atom is -0.355 e. The van der Waals surface area contributed by atoms with Crippen LogP contribution in [0, 0.1) is 6.92 Å². The monoisotopic (exact) mass is 541 g/mol. The van der Waals surface area contributed by atoms with E-state index in [1.54, 1.807) is 66.7 Å². The Morgan fingerprint density at radius 2 is 1.54 bits per heavy atom. The summed E-state index contributed by atoms with van der Waals surface area (Å²) in [6.45, 7) is 5.60. The molecule has 3 aromatic carbocycles. The minimum absolute atomic E-state index is 0.0726. The summed E-state index contributed by atoms with van der Waals surface area (Å²) < 4.78 is 28.5. The van der Waals surface area contributed by atoms with Gasteiger partial charge in [0.15, 0.2) is 0 Å². The molecule has 9 heteroatoms. The van der Waals surface area contributed by atoms with Gasteiger partial charge in [-0.25, -0.2) is 8.42 Å². The zero-order valence-corrected chi connectivity index (χ0v) is 22.8. The molecule has 2 amide bonds. The van der Waals surface area contributed by atoms with E-state index in [9.17, 15) is 18.0 Å². The second kappa shape index (κ2) is 12.7. The quantitative estimate of drug-likeness (QED) is 0.378. The number of nitrogens with one attached hydrogen (secondary N) is 1. The second-order valence-electron chi connectivity index (χ2n) is 8.63. The van der Waals surface area contributed by atoms with Crippen LogP contribution >= 0.6 is 11.6 Å². The van der Waals surface area contributed by atoms with E-state index >= 15 is 0 Å². The smallest absolute Gasteiger partial charge is 0.264 e. The third kappa shape index (κ3) is 7.11. The summed E-state index contributed by atoms with van der Waals surface area (Å²) in [5.41, 5.74) is 2.09. The molecule has 0 fully saturated rings. The van der Waals surface area contributed by atoms with Crippen LogP contribution in [0.1, 0.15) is 31.4 Å². The zero-order valence-electron chi connectivity index (χ0n) is 21.2. The fraction of sp³-hybridized carbons (Fsp3) is 0.286. The van der Waals surface area contributed by atoms with E-state index in [0.29, 0.717) is 23.7 Å². The summed E-state index contributed by atoms with van der Waals surface area (Å²) in [6, 6.07) is 21.1. The lowest BCUT2D eigenvalue weighted by Crippen LogP contribution is -2.52. The molecule has 0 heterocycles. The van der Waals surface area contributed by atoms with Crippen LogP contribution in [0.2, 0.25) is 5.02 Å². The average Bonchev–Trinajstić information content (AvgIpc) is 2.89. The minimum atomic E-state index is -4.07. The van der Waals surface area contributed by atoms with E-state index in [-0.39, 0.29) is 17.3 Å². The Morgan fingerprint density at radius 1 is 0.919 bits per heavy atom. The molecule has 0 radical (unpaired) electrons. The van der Waals surface area contributed by atoms with Gasteiger partial charge in [0.1, 0.15) is 12.6 Å². The molecule has 0 aromatic heterocycles. The van der Waals surface area contributed by atoms with E-state index < -0.39 is 28.5 Å². The van der Waals surface area contributed by atoms with Gasteiger partial charge in [-0.3, -0.25) is 13.9 Å². The van der Waals surface area contributed by atoms with E-state index in [1.165, 1.54) is 17.0 Å². The number of rotatable bonds is 11. The number of hydrogen-bond acceptors (Lipinski definition) is 4. The number of benzene rings is 3. The van der Waals surface area contributed by atoms with Gasteiger partial charge in [0, 0.05) is 18.1 Å². The van der Waals surface area contributed by atoms with Crippen LogP contribution in [-0.4, -0.2) is 44.3 Å². The maximum absolute atomic E-state index is 13.9. The molecule has 3 aromatic rings. The number of aryl methyl sites for hydroxylation is 1. The SMILES string of the molecule is CCNC(=O)C(CC)N(Cc1ccc(Cl)cc1)C(=O)CN(c1ccc(C)cc1)S(=O)(=O)c1ccccc1. The van der Waals surface area contributed by atoms with Crippen molar-refractivity contribution in [3.63, 3.8) is 0 Å². The number of carbonyl (C=O) groups excluding carboxylic acids is 2. The van der Waals surface area contributed by atoms with E-state index in [2.05, 4.69) is 5.32 Å². The average molecular weight is 542 g/mol. The van der Waals surface area contributed by atoms with E-state index in [0.717, 1.165) is 15.4 Å². The molecule has 0 saturated heterocycles. The van der Waals surface area contributed by atoms with Gasteiger partial charge in [0.25, 0.3) is 10.0 Å². The normalized spacial score (nSPS) is 12.0. The highest BCUT2D eigenvalue weighted by Gasteiger charge is 2.33. The van der Waals surface area contributed by atoms with Crippen molar-refractivity contribution in [1.29, 1.82) is 0 Å². The molecule has 3 rings (SSSR count). The van der Waals surface area contributed by atoms with Crippen molar-refractivity contribution in [2.45, 2.75) is 44.7 Å². The third-order valence-electron chi connectivity index (χ3n) is 5.94. The Labute approximate surface area is 224 Å². The maximum Gasteiger partial charge on any atom is 0.264 e. The van der Waals surface area contributed by atoms with Gasteiger partial charge in [-0.2, -0.15) is 0 Å². The maximum atomic E-state index is 13.9. The molecule has 1 N–H and O–H groups in total. The third-order valence-corrected chi connectivity index (χ3v) is 7.98. The lowest BCUT2D eigenvalue weighted by molar-refractivity contribution is -0.140. The van der Waals surface area contributed by atoms with Crippen LogP contribution in [0.5, 0.6) is 0 Å². The molecule has 0 saturated carbocycles. The van der Waals surface area contributed by atoms with Crippen LogP contribution in [0.4, 0.5) is 5.69 Å². The van der Waals surface area contributed by atoms with Gasteiger partial charge in [-0.15, -0.1) is 0 Å². The van der Waals surface area contributed by atoms with Crippen LogP contribution in [0.15, 0.2) is 83.8 Å². The van der Waals surface area contributed by atoms with Crippen molar-refractivity contribution < 1.29 is 18.0 Å². The number of carbonyl (C=O) groups is 2. The largest absolute Gasteiger partial charge is 0.355 e. The van der Waals surface area contributed by atoms with Gasteiger partial charge in [0.2, 0.25) is 11.8 Å². The molecule has 0 aliphatic carbocycles. The van der Waals surface area contributed by atoms with Gasteiger partial charge >= 0.3 is 0 Å². The molecule has 7 nitrogen and oxygen atoms in total.